The molecule has 1 N–H and O–H groups in total. The van der Waals surface area contributed by atoms with Gasteiger partial charge < -0.3 is 4.74 Å². The second kappa shape index (κ2) is 4.88. The number of fused-ring (bicyclic) bond motifs is 2. The summed E-state index contributed by atoms with van der Waals surface area (Å²) in [5.74, 6) is -0.665. The van der Waals surface area contributed by atoms with Gasteiger partial charge in [0.1, 0.15) is 0 Å². The number of nitrogens with one attached hydrogen (secondary N) is 1. The first-order chi connectivity index (χ1) is 10.7. The molecule has 2 heterocycles. The number of hydrazone groups is 1. The minimum absolute atomic E-state index is 0.297. The number of carbonyl (C=O) groups is 2. The summed E-state index contributed by atoms with van der Waals surface area (Å²) in [6, 6.07) is 5.48. The number of esters is 1. The molecule has 1 aliphatic carbocycles. The highest BCUT2D eigenvalue weighted by Gasteiger charge is 2.75. The maximum Gasteiger partial charge on any atom is 0.313 e. The van der Waals surface area contributed by atoms with Crippen LogP contribution in [0.15, 0.2) is 29.5 Å². The lowest BCUT2D eigenvalue weighted by Gasteiger charge is -2.34. The molecule has 6 nitrogen and oxygen atoms in total. The number of hydrogen-bond donors (Lipinski definition) is 1. The lowest BCUT2D eigenvalue weighted by atomic mass is 9.66. The number of nitrogens with zero attached hydrogens (tertiary/aromatic N) is 2. The van der Waals surface area contributed by atoms with Crippen LogP contribution in [0.2, 0.25) is 0 Å². The SMILES string of the molecule is CC(=NNC(=O)C12CCC(C)(C(=O)O1)C2(C)C)c1ccccn1. The van der Waals surface area contributed by atoms with Gasteiger partial charge in [-0.25, -0.2) is 5.43 Å². The van der Waals surface area contributed by atoms with Crippen LogP contribution in [0.25, 0.3) is 0 Å². The Hall–Kier alpha value is -2.24. The highest BCUT2D eigenvalue weighted by atomic mass is 16.6. The first kappa shape index (κ1) is 15.6. The van der Waals surface area contributed by atoms with E-state index in [-0.39, 0.29) is 11.9 Å². The van der Waals surface area contributed by atoms with Crippen molar-refractivity contribution in [3.05, 3.63) is 30.1 Å². The van der Waals surface area contributed by atoms with Crippen LogP contribution < -0.4 is 5.43 Å². The molecule has 1 aliphatic heterocycles. The summed E-state index contributed by atoms with van der Waals surface area (Å²) in [4.78, 5) is 29.1. The van der Waals surface area contributed by atoms with Crippen LogP contribution >= 0.6 is 0 Å². The molecule has 0 aromatic carbocycles. The van der Waals surface area contributed by atoms with Gasteiger partial charge in [0.05, 0.1) is 16.8 Å². The normalized spacial score (nSPS) is 31.8. The fourth-order valence-electron chi connectivity index (χ4n) is 3.61. The van der Waals surface area contributed by atoms with Crippen LogP contribution in [-0.4, -0.2) is 28.2 Å². The van der Waals surface area contributed by atoms with E-state index >= 15 is 0 Å². The van der Waals surface area contributed by atoms with Crippen LogP contribution in [0, 0.1) is 10.8 Å². The summed E-state index contributed by atoms with van der Waals surface area (Å²) >= 11 is 0. The van der Waals surface area contributed by atoms with Gasteiger partial charge >= 0.3 is 5.97 Å². The third kappa shape index (κ3) is 1.93. The molecule has 2 atom stereocenters. The number of aromatic nitrogens is 1. The van der Waals surface area contributed by atoms with E-state index in [1.54, 1.807) is 13.1 Å². The van der Waals surface area contributed by atoms with Crippen LogP contribution in [0.5, 0.6) is 0 Å². The molecular weight excluding hydrogens is 294 g/mol. The molecule has 2 unspecified atom stereocenters. The summed E-state index contributed by atoms with van der Waals surface area (Å²) in [7, 11) is 0. The number of carbonyl (C=O) groups excluding carboxylic acids is 2. The summed E-state index contributed by atoms with van der Waals surface area (Å²) in [6.07, 6.45) is 2.83. The maximum absolute atomic E-state index is 12.7. The van der Waals surface area contributed by atoms with Crippen molar-refractivity contribution in [2.45, 2.75) is 46.1 Å². The zero-order valence-electron chi connectivity index (χ0n) is 13.8. The lowest BCUT2D eigenvalue weighted by molar-refractivity contribution is -0.168. The van der Waals surface area contributed by atoms with E-state index in [1.807, 2.05) is 39.0 Å². The molecule has 0 radical (unpaired) electrons. The number of ether oxygens (including phenoxy) is 1. The van der Waals surface area contributed by atoms with Gasteiger partial charge in [0.2, 0.25) is 0 Å². The molecule has 3 rings (SSSR count). The molecule has 2 bridgehead atoms. The summed E-state index contributed by atoms with van der Waals surface area (Å²) in [5.41, 5.74) is 1.51. The van der Waals surface area contributed by atoms with Gasteiger partial charge in [-0.15, -0.1) is 0 Å². The summed E-state index contributed by atoms with van der Waals surface area (Å²) in [5, 5.41) is 4.13. The Kier molecular flexibility index (Phi) is 3.32. The smallest absolute Gasteiger partial charge is 0.313 e. The van der Waals surface area contributed by atoms with E-state index in [0.29, 0.717) is 24.2 Å². The molecule has 1 saturated carbocycles. The highest BCUT2D eigenvalue weighted by Crippen LogP contribution is 2.65. The van der Waals surface area contributed by atoms with Gasteiger partial charge in [0.15, 0.2) is 5.60 Å². The molecule has 0 spiro atoms. The van der Waals surface area contributed by atoms with Crippen LogP contribution in [-0.2, 0) is 14.3 Å². The lowest BCUT2D eigenvalue weighted by Crippen LogP contribution is -2.52. The topological polar surface area (TPSA) is 80.7 Å². The van der Waals surface area contributed by atoms with Crippen molar-refractivity contribution in [1.29, 1.82) is 0 Å². The molecule has 1 saturated heterocycles. The van der Waals surface area contributed by atoms with Crippen molar-refractivity contribution in [3.8, 4) is 0 Å². The van der Waals surface area contributed by atoms with E-state index < -0.39 is 16.4 Å². The molecule has 6 heteroatoms. The molecule has 2 aliphatic rings. The van der Waals surface area contributed by atoms with Crippen LogP contribution in [0.4, 0.5) is 0 Å². The van der Waals surface area contributed by atoms with Crippen molar-refractivity contribution in [2.75, 3.05) is 0 Å². The van der Waals surface area contributed by atoms with Crippen molar-refractivity contribution in [3.63, 3.8) is 0 Å². The molecular formula is C17H21N3O3. The molecule has 1 aromatic heterocycles. The fourth-order valence-corrected chi connectivity index (χ4v) is 3.61. The number of rotatable bonds is 3. The fraction of sp³-hybridized carbons (Fsp3) is 0.529. The average Bonchev–Trinajstić information content (AvgIpc) is 2.83. The zero-order valence-corrected chi connectivity index (χ0v) is 13.8. The minimum atomic E-state index is -1.15. The van der Waals surface area contributed by atoms with Gasteiger partial charge in [-0.1, -0.05) is 19.9 Å². The van der Waals surface area contributed by atoms with Gasteiger partial charge in [-0.2, -0.15) is 5.10 Å². The summed E-state index contributed by atoms with van der Waals surface area (Å²) < 4.78 is 5.53. The molecule has 2 fully saturated rings. The number of hydrogen-bond acceptors (Lipinski definition) is 5. The van der Waals surface area contributed by atoms with E-state index in [1.165, 1.54) is 0 Å². The molecule has 1 aromatic rings. The quantitative estimate of drug-likeness (QED) is 0.526. The van der Waals surface area contributed by atoms with Gasteiger partial charge in [-0.3, -0.25) is 14.6 Å². The third-order valence-corrected chi connectivity index (χ3v) is 5.81. The predicted octanol–water partition coefficient (Wildman–Crippen LogP) is 2.04. The Balaban J connectivity index is 1.83. The molecule has 122 valence electrons. The number of amides is 1. The first-order valence-corrected chi connectivity index (χ1v) is 7.74. The van der Waals surface area contributed by atoms with Crippen LogP contribution in [0.3, 0.4) is 0 Å². The Labute approximate surface area is 135 Å². The predicted molar refractivity (Wildman–Crippen MR) is 84.5 cm³/mol. The highest BCUT2D eigenvalue weighted by molar-refractivity contribution is 5.99. The van der Waals surface area contributed by atoms with E-state index in [2.05, 4.69) is 15.5 Å². The summed E-state index contributed by atoms with van der Waals surface area (Å²) in [6.45, 7) is 7.48. The third-order valence-electron chi connectivity index (χ3n) is 5.81. The molecule has 1 amide bonds. The Bertz CT molecular complexity index is 698. The van der Waals surface area contributed by atoms with Gasteiger partial charge in [0, 0.05) is 11.6 Å². The Morgan fingerprint density at radius 1 is 1.30 bits per heavy atom. The average molecular weight is 315 g/mol. The first-order valence-electron chi connectivity index (χ1n) is 7.74. The standard InChI is InChI=1S/C17H21N3O3/c1-11(12-7-5-6-10-18-12)19-20-13(21)17-9-8-16(4,14(22)23-17)15(17,2)3/h5-7,10H,8-9H2,1-4H3,(H,20,21). The van der Waals surface area contributed by atoms with Crippen molar-refractivity contribution >= 4 is 17.6 Å². The van der Waals surface area contributed by atoms with Crippen molar-refractivity contribution in [1.82, 2.24) is 10.4 Å². The maximum atomic E-state index is 12.7. The largest absolute Gasteiger partial charge is 0.448 e. The van der Waals surface area contributed by atoms with Gasteiger partial charge in [0.25, 0.3) is 5.91 Å². The van der Waals surface area contributed by atoms with Gasteiger partial charge in [-0.05, 0) is 38.8 Å². The minimum Gasteiger partial charge on any atom is -0.448 e. The zero-order chi connectivity index (χ0) is 16.9. The Morgan fingerprint density at radius 2 is 2.04 bits per heavy atom. The second-order valence-electron chi connectivity index (χ2n) is 7.03. The number of pyridine rings is 1. The van der Waals surface area contributed by atoms with Crippen molar-refractivity contribution < 1.29 is 14.3 Å². The van der Waals surface area contributed by atoms with E-state index in [0.717, 1.165) is 0 Å². The van der Waals surface area contributed by atoms with Crippen molar-refractivity contribution in [2.24, 2.45) is 15.9 Å². The molecule has 23 heavy (non-hydrogen) atoms. The second-order valence-corrected chi connectivity index (χ2v) is 7.03. The van der Waals surface area contributed by atoms with E-state index in [4.69, 9.17) is 4.74 Å². The monoisotopic (exact) mass is 315 g/mol. The van der Waals surface area contributed by atoms with Crippen LogP contribution in [0.1, 0.15) is 46.2 Å². The Morgan fingerprint density at radius 3 is 2.57 bits per heavy atom. The van der Waals surface area contributed by atoms with E-state index in [9.17, 15) is 9.59 Å².